The molecule has 1 aromatic carbocycles. The molecule has 0 amide bonds. The number of nitro groups is 1. The van der Waals surface area contributed by atoms with Gasteiger partial charge in [-0.1, -0.05) is 13.3 Å². The standard InChI is InChI=1S/C14H16FNO5/c1-8-3-2-4-9(5-8)21-13-6-10(14(17)18)12(16(19)20)7-11(13)15/h6-9H,2-5H2,1H3,(H,17,18). The molecule has 0 spiro atoms. The van der Waals surface area contributed by atoms with E-state index in [-0.39, 0.29) is 11.9 Å². The van der Waals surface area contributed by atoms with Crippen molar-refractivity contribution in [3.05, 3.63) is 33.6 Å². The first kappa shape index (κ1) is 15.2. The molecule has 0 heterocycles. The van der Waals surface area contributed by atoms with Crippen LogP contribution in [0.1, 0.15) is 43.0 Å². The molecule has 0 aliphatic heterocycles. The van der Waals surface area contributed by atoms with E-state index >= 15 is 0 Å². The summed E-state index contributed by atoms with van der Waals surface area (Å²) >= 11 is 0. The van der Waals surface area contributed by atoms with Crippen molar-refractivity contribution in [3.63, 3.8) is 0 Å². The lowest BCUT2D eigenvalue weighted by molar-refractivity contribution is -0.385. The number of halogens is 1. The first-order valence-corrected chi connectivity index (χ1v) is 6.76. The van der Waals surface area contributed by atoms with Gasteiger partial charge in [-0.2, -0.15) is 0 Å². The van der Waals surface area contributed by atoms with E-state index in [0.717, 1.165) is 31.7 Å². The van der Waals surface area contributed by atoms with Crippen molar-refractivity contribution in [1.82, 2.24) is 0 Å². The summed E-state index contributed by atoms with van der Waals surface area (Å²) in [7, 11) is 0. The number of benzene rings is 1. The van der Waals surface area contributed by atoms with Gasteiger partial charge in [0.15, 0.2) is 11.6 Å². The van der Waals surface area contributed by atoms with Crippen molar-refractivity contribution >= 4 is 11.7 Å². The summed E-state index contributed by atoms with van der Waals surface area (Å²) < 4.78 is 19.4. The summed E-state index contributed by atoms with van der Waals surface area (Å²) in [4.78, 5) is 20.9. The van der Waals surface area contributed by atoms with Crippen LogP contribution in [-0.2, 0) is 0 Å². The minimum absolute atomic E-state index is 0.189. The second-order valence-electron chi connectivity index (χ2n) is 5.37. The van der Waals surface area contributed by atoms with Gasteiger partial charge in [0, 0.05) is 6.07 Å². The van der Waals surface area contributed by atoms with Gasteiger partial charge in [0.25, 0.3) is 5.69 Å². The highest BCUT2D eigenvalue weighted by molar-refractivity contribution is 5.92. The van der Waals surface area contributed by atoms with Crippen LogP contribution >= 0.6 is 0 Å². The predicted octanol–water partition coefficient (Wildman–Crippen LogP) is 3.39. The molecule has 1 N–H and O–H groups in total. The number of rotatable bonds is 4. The zero-order valence-electron chi connectivity index (χ0n) is 11.5. The number of ether oxygens (including phenoxy) is 1. The number of carboxylic acid groups (broad SMARTS) is 1. The minimum Gasteiger partial charge on any atom is -0.487 e. The third-order valence-electron chi connectivity index (χ3n) is 3.66. The van der Waals surface area contributed by atoms with E-state index in [2.05, 4.69) is 6.92 Å². The van der Waals surface area contributed by atoms with Crippen LogP contribution in [0.3, 0.4) is 0 Å². The van der Waals surface area contributed by atoms with Crippen LogP contribution < -0.4 is 4.74 Å². The highest BCUT2D eigenvalue weighted by Crippen LogP contribution is 2.32. The molecule has 0 radical (unpaired) electrons. The number of carboxylic acids is 1. The minimum atomic E-state index is -1.48. The topological polar surface area (TPSA) is 89.7 Å². The van der Waals surface area contributed by atoms with E-state index in [4.69, 9.17) is 9.84 Å². The fraction of sp³-hybridized carbons (Fsp3) is 0.500. The Morgan fingerprint density at radius 1 is 1.48 bits per heavy atom. The van der Waals surface area contributed by atoms with Crippen molar-refractivity contribution in [2.45, 2.75) is 38.7 Å². The molecule has 1 fully saturated rings. The normalized spacial score (nSPS) is 21.8. The first-order valence-electron chi connectivity index (χ1n) is 6.76. The van der Waals surface area contributed by atoms with Crippen LogP contribution in [-0.4, -0.2) is 22.1 Å². The van der Waals surface area contributed by atoms with Crippen LogP contribution in [0.25, 0.3) is 0 Å². The van der Waals surface area contributed by atoms with Gasteiger partial charge in [-0.15, -0.1) is 0 Å². The summed E-state index contributed by atoms with van der Waals surface area (Å²) in [5.74, 6) is -2.17. The second-order valence-corrected chi connectivity index (χ2v) is 5.37. The number of nitrogens with zero attached hydrogens (tertiary/aromatic N) is 1. The van der Waals surface area contributed by atoms with Gasteiger partial charge in [0.1, 0.15) is 5.56 Å². The van der Waals surface area contributed by atoms with Gasteiger partial charge in [0.05, 0.1) is 17.1 Å². The zero-order valence-corrected chi connectivity index (χ0v) is 11.5. The van der Waals surface area contributed by atoms with E-state index in [9.17, 15) is 19.3 Å². The molecule has 1 saturated carbocycles. The number of carbonyl (C=O) groups is 1. The van der Waals surface area contributed by atoms with Crippen LogP contribution in [0.5, 0.6) is 5.75 Å². The molecule has 6 nitrogen and oxygen atoms in total. The number of aromatic carboxylic acids is 1. The molecule has 1 aliphatic rings. The molecule has 2 rings (SSSR count). The molecule has 114 valence electrons. The first-order chi connectivity index (χ1) is 9.88. The van der Waals surface area contributed by atoms with E-state index in [1.807, 2.05) is 0 Å². The quantitative estimate of drug-likeness (QED) is 0.679. The summed E-state index contributed by atoms with van der Waals surface area (Å²) in [6, 6.07) is 1.50. The van der Waals surface area contributed by atoms with E-state index < -0.39 is 28.0 Å². The molecule has 21 heavy (non-hydrogen) atoms. The summed E-state index contributed by atoms with van der Waals surface area (Å²) in [5.41, 5.74) is -1.34. The third kappa shape index (κ3) is 3.48. The highest BCUT2D eigenvalue weighted by Gasteiger charge is 2.26. The fourth-order valence-electron chi connectivity index (χ4n) is 2.62. The number of hydrogen-bond acceptors (Lipinski definition) is 4. The van der Waals surface area contributed by atoms with Gasteiger partial charge in [0.2, 0.25) is 0 Å². The van der Waals surface area contributed by atoms with Gasteiger partial charge in [-0.25, -0.2) is 9.18 Å². The average molecular weight is 297 g/mol. The van der Waals surface area contributed by atoms with Crippen LogP contribution in [0.2, 0.25) is 0 Å². The fourth-order valence-corrected chi connectivity index (χ4v) is 2.62. The third-order valence-corrected chi connectivity index (χ3v) is 3.66. The molecule has 1 aromatic rings. The maximum absolute atomic E-state index is 13.9. The smallest absolute Gasteiger partial charge is 0.342 e. The van der Waals surface area contributed by atoms with Crippen molar-refractivity contribution in [1.29, 1.82) is 0 Å². The van der Waals surface area contributed by atoms with Crippen LogP contribution in [0.15, 0.2) is 12.1 Å². The molecular weight excluding hydrogens is 281 g/mol. The molecule has 2 atom stereocenters. The molecule has 2 unspecified atom stereocenters. The Labute approximate surface area is 120 Å². The van der Waals surface area contributed by atoms with Gasteiger partial charge < -0.3 is 9.84 Å². The molecule has 0 bridgehead atoms. The Bertz CT molecular complexity index is 575. The second kappa shape index (κ2) is 6.07. The molecule has 7 heteroatoms. The van der Waals surface area contributed by atoms with Gasteiger partial charge in [-0.3, -0.25) is 10.1 Å². The predicted molar refractivity (Wildman–Crippen MR) is 72.1 cm³/mol. The Kier molecular flexibility index (Phi) is 4.40. The summed E-state index contributed by atoms with van der Waals surface area (Å²) in [5, 5.41) is 19.8. The lowest BCUT2D eigenvalue weighted by Crippen LogP contribution is -2.24. The largest absolute Gasteiger partial charge is 0.487 e. The van der Waals surface area contributed by atoms with E-state index in [1.54, 1.807) is 0 Å². The number of nitro benzene ring substituents is 1. The van der Waals surface area contributed by atoms with E-state index in [1.165, 1.54) is 0 Å². The maximum atomic E-state index is 13.9. The van der Waals surface area contributed by atoms with Crippen molar-refractivity contribution in [3.8, 4) is 5.75 Å². The van der Waals surface area contributed by atoms with Crippen molar-refractivity contribution in [2.75, 3.05) is 0 Å². The SMILES string of the molecule is CC1CCCC(Oc2cc(C(=O)O)c([N+](=O)[O-])cc2F)C1. The summed E-state index contributed by atoms with van der Waals surface area (Å²) in [6.07, 6.45) is 3.39. The Morgan fingerprint density at radius 3 is 2.76 bits per heavy atom. The average Bonchev–Trinajstić information content (AvgIpc) is 2.40. The lowest BCUT2D eigenvalue weighted by atomic mass is 9.89. The monoisotopic (exact) mass is 297 g/mol. The van der Waals surface area contributed by atoms with Gasteiger partial charge in [-0.05, 0) is 25.2 Å². The van der Waals surface area contributed by atoms with Crippen molar-refractivity contribution in [2.24, 2.45) is 5.92 Å². The molecule has 0 aromatic heterocycles. The molecule has 1 aliphatic carbocycles. The molecule has 0 saturated heterocycles. The molecular formula is C14H16FNO5. The van der Waals surface area contributed by atoms with Crippen LogP contribution in [0, 0.1) is 21.8 Å². The maximum Gasteiger partial charge on any atom is 0.342 e. The Morgan fingerprint density at radius 2 is 2.19 bits per heavy atom. The Balaban J connectivity index is 2.29. The van der Waals surface area contributed by atoms with Crippen LogP contribution in [0.4, 0.5) is 10.1 Å². The lowest BCUT2D eigenvalue weighted by Gasteiger charge is -2.27. The Hall–Kier alpha value is -2.18. The van der Waals surface area contributed by atoms with Gasteiger partial charge >= 0.3 is 5.97 Å². The summed E-state index contributed by atoms with van der Waals surface area (Å²) in [6.45, 7) is 2.07. The van der Waals surface area contributed by atoms with E-state index in [0.29, 0.717) is 12.0 Å². The zero-order chi connectivity index (χ0) is 15.6. The van der Waals surface area contributed by atoms with Crippen molar-refractivity contribution < 1.29 is 24.0 Å². The highest BCUT2D eigenvalue weighted by atomic mass is 19.1. The number of hydrogen-bond donors (Lipinski definition) is 1.